The molecule has 0 bridgehead atoms. The Morgan fingerprint density at radius 2 is 1.36 bits per heavy atom. The number of nitrogens with one attached hydrogen (secondary N) is 1. The van der Waals surface area contributed by atoms with Gasteiger partial charge in [-0.2, -0.15) is 4.31 Å². The monoisotopic (exact) mass is 507 g/mol. The average molecular weight is 508 g/mol. The van der Waals surface area contributed by atoms with E-state index in [4.69, 9.17) is 0 Å². The lowest BCUT2D eigenvalue weighted by Gasteiger charge is -2.39. The summed E-state index contributed by atoms with van der Waals surface area (Å²) in [5, 5.41) is 2.56. The summed E-state index contributed by atoms with van der Waals surface area (Å²) in [4.78, 5) is 25.6. The first-order valence-electron chi connectivity index (χ1n) is 11.7. The molecule has 0 radical (unpaired) electrons. The highest BCUT2D eigenvalue weighted by Gasteiger charge is 2.32. The zero-order valence-corrected chi connectivity index (χ0v) is 20.9. The van der Waals surface area contributed by atoms with Gasteiger partial charge in [-0.25, -0.2) is 8.42 Å². The molecule has 0 aliphatic carbocycles. The van der Waals surface area contributed by atoms with E-state index in [1.54, 1.807) is 0 Å². The fraction of sp³-hybridized carbons (Fsp3) is 0.259. The number of carbonyl (C=O) groups is 2. The number of esters is 1. The lowest BCUT2D eigenvalue weighted by Crippen LogP contribution is -2.49. The van der Waals surface area contributed by atoms with Crippen molar-refractivity contribution in [1.82, 2.24) is 9.21 Å². The first-order chi connectivity index (χ1) is 17.4. The van der Waals surface area contributed by atoms with Crippen molar-refractivity contribution in [3.8, 4) is 0 Å². The highest BCUT2D eigenvalue weighted by atomic mass is 32.2. The SMILES string of the molecule is COC(=O)CC(=O)Nc1ccc(S(=O)(=O)N2CCN(C(c3ccccc3)c3ccccc3)CC2)cc1. The van der Waals surface area contributed by atoms with Crippen LogP contribution in [-0.4, -0.2) is 62.8 Å². The molecule has 9 heteroatoms. The van der Waals surface area contributed by atoms with Crippen molar-refractivity contribution in [2.24, 2.45) is 0 Å². The van der Waals surface area contributed by atoms with Gasteiger partial charge in [0.2, 0.25) is 15.9 Å². The molecule has 0 spiro atoms. The molecule has 3 aromatic carbocycles. The van der Waals surface area contributed by atoms with Crippen LogP contribution >= 0.6 is 0 Å². The number of hydrogen-bond acceptors (Lipinski definition) is 6. The Hall–Kier alpha value is -3.53. The van der Waals surface area contributed by atoms with Gasteiger partial charge in [0.1, 0.15) is 6.42 Å². The molecule has 0 atom stereocenters. The molecule has 0 aromatic heterocycles. The summed E-state index contributed by atoms with van der Waals surface area (Å²) in [7, 11) is -2.48. The topological polar surface area (TPSA) is 96.0 Å². The van der Waals surface area contributed by atoms with Crippen molar-refractivity contribution in [3.63, 3.8) is 0 Å². The van der Waals surface area contributed by atoms with Crippen LogP contribution in [0.5, 0.6) is 0 Å². The van der Waals surface area contributed by atoms with Gasteiger partial charge in [-0.15, -0.1) is 0 Å². The molecule has 1 aliphatic heterocycles. The highest BCUT2D eigenvalue weighted by Crippen LogP contribution is 2.30. The Labute approximate surface area is 211 Å². The Bertz CT molecular complexity index is 1230. The van der Waals surface area contributed by atoms with Gasteiger partial charge in [-0.3, -0.25) is 14.5 Å². The maximum Gasteiger partial charge on any atom is 0.315 e. The van der Waals surface area contributed by atoms with Crippen LogP contribution in [0.3, 0.4) is 0 Å². The van der Waals surface area contributed by atoms with Crippen molar-refractivity contribution in [1.29, 1.82) is 0 Å². The van der Waals surface area contributed by atoms with Gasteiger partial charge in [-0.1, -0.05) is 60.7 Å². The summed E-state index contributed by atoms with van der Waals surface area (Å²) < 4.78 is 32.5. The van der Waals surface area contributed by atoms with Gasteiger partial charge in [0, 0.05) is 31.9 Å². The number of nitrogens with zero attached hydrogens (tertiary/aromatic N) is 2. The molecule has 4 rings (SSSR count). The smallest absolute Gasteiger partial charge is 0.315 e. The molecule has 8 nitrogen and oxygen atoms in total. The minimum absolute atomic E-state index is 0.0464. The maximum atomic E-state index is 13.3. The zero-order chi connectivity index (χ0) is 25.5. The van der Waals surface area contributed by atoms with Crippen molar-refractivity contribution in [2.75, 3.05) is 38.6 Å². The first kappa shape index (κ1) is 25.6. The van der Waals surface area contributed by atoms with E-state index >= 15 is 0 Å². The molecule has 36 heavy (non-hydrogen) atoms. The molecule has 1 fully saturated rings. The molecular weight excluding hydrogens is 478 g/mol. The predicted molar refractivity (Wildman–Crippen MR) is 137 cm³/mol. The fourth-order valence-electron chi connectivity index (χ4n) is 4.35. The van der Waals surface area contributed by atoms with E-state index in [1.165, 1.54) is 46.8 Å². The van der Waals surface area contributed by atoms with E-state index in [2.05, 4.69) is 39.2 Å². The largest absolute Gasteiger partial charge is 0.469 e. The van der Waals surface area contributed by atoms with Crippen molar-refractivity contribution >= 4 is 27.6 Å². The Morgan fingerprint density at radius 1 is 0.833 bits per heavy atom. The summed E-state index contributed by atoms with van der Waals surface area (Å²) in [6, 6.07) is 26.5. The van der Waals surface area contributed by atoms with Gasteiger partial charge < -0.3 is 10.1 Å². The highest BCUT2D eigenvalue weighted by molar-refractivity contribution is 7.89. The number of hydrogen-bond donors (Lipinski definition) is 1. The molecule has 1 amide bonds. The minimum atomic E-state index is -3.69. The van der Waals surface area contributed by atoms with E-state index in [1.807, 2.05) is 36.4 Å². The number of ether oxygens (including phenoxy) is 1. The number of anilines is 1. The van der Waals surface area contributed by atoms with Gasteiger partial charge in [0.05, 0.1) is 18.0 Å². The van der Waals surface area contributed by atoms with Crippen LogP contribution in [0.2, 0.25) is 0 Å². The van der Waals surface area contributed by atoms with Gasteiger partial charge in [0.25, 0.3) is 0 Å². The van der Waals surface area contributed by atoms with Crippen molar-refractivity contribution < 1.29 is 22.7 Å². The number of carbonyl (C=O) groups excluding carboxylic acids is 2. The number of methoxy groups -OCH3 is 1. The van der Waals surface area contributed by atoms with E-state index in [-0.39, 0.29) is 10.9 Å². The zero-order valence-electron chi connectivity index (χ0n) is 20.0. The molecule has 3 aromatic rings. The summed E-state index contributed by atoms with van der Waals surface area (Å²) >= 11 is 0. The third-order valence-electron chi connectivity index (χ3n) is 6.18. The van der Waals surface area contributed by atoms with E-state index in [9.17, 15) is 18.0 Å². The first-order valence-corrected chi connectivity index (χ1v) is 13.1. The molecule has 1 saturated heterocycles. The average Bonchev–Trinajstić information content (AvgIpc) is 2.90. The second kappa shape index (κ2) is 11.5. The number of rotatable bonds is 8. The van der Waals surface area contributed by atoms with E-state index < -0.39 is 28.3 Å². The predicted octanol–water partition coefficient (Wildman–Crippen LogP) is 3.28. The Kier molecular flexibility index (Phi) is 8.14. The Morgan fingerprint density at radius 3 is 1.86 bits per heavy atom. The number of sulfonamides is 1. The molecule has 0 unspecified atom stereocenters. The number of piperazine rings is 1. The van der Waals surface area contributed by atoms with E-state index in [0.29, 0.717) is 31.9 Å². The fourth-order valence-corrected chi connectivity index (χ4v) is 5.78. The van der Waals surface area contributed by atoms with Gasteiger partial charge in [0.15, 0.2) is 0 Å². The van der Waals surface area contributed by atoms with Crippen molar-refractivity contribution in [3.05, 3.63) is 96.1 Å². The molecule has 1 N–H and O–H groups in total. The minimum Gasteiger partial charge on any atom is -0.469 e. The van der Waals surface area contributed by atoms with Gasteiger partial charge >= 0.3 is 5.97 Å². The summed E-state index contributed by atoms with van der Waals surface area (Å²) in [5.41, 5.74) is 2.75. The summed E-state index contributed by atoms with van der Waals surface area (Å²) in [6.07, 6.45) is -0.409. The lowest BCUT2D eigenvalue weighted by atomic mass is 9.96. The number of benzene rings is 3. The second-order valence-electron chi connectivity index (χ2n) is 8.49. The summed E-state index contributed by atoms with van der Waals surface area (Å²) in [6.45, 7) is 1.93. The number of amides is 1. The van der Waals surface area contributed by atoms with Crippen LogP contribution in [0, 0.1) is 0 Å². The van der Waals surface area contributed by atoms with Crippen LogP contribution in [0.4, 0.5) is 5.69 Å². The molecule has 1 heterocycles. The van der Waals surface area contributed by atoms with Gasteiger partial charge in [-0.05, 0) is 35.4 Å². The molecule has 0 saturated carbocycles. The standard InChI is InChI=1S/C27H29N3O5S/c1-35-26(32)20-25(31)28-23-12-14-24(15-13-23)36(33,34)30-18-16-29(17-19-30)27(21-8-4-2-5-9-21)22-10-6-3-7-11-22/h2-15,27H,16-20H2,1H3,(H,28,31). The molecular formula is C27H29N3O5S. The second-order valence-corrected chi connectivity index (χ2v) is 10.4. The Balaban J connectivity index is 1.43. The quantitative estimate of drug-likeness (QED) is 0.371. The maximum absolute atomic E-state index is 13.3. The summed E-state index contributed by atoms with van der Waals surface area (Å²) in [5.74, 6) is -1.17. The van der Waals surface area contributed by atoms with Crippen LogP contribution in [0.1, 0.15) is 23.6 Å². The van der Waals surface area contributed by atoms with Crippen LogP contribution < -0.4 is 5.32 Å². The van der Waals surface area contributed by atoms with Crippen LogP contribution in [-0.2, 0) is 24.3 Å². The van der Waals surface area contributed by atoms with E-state index in [0.717, 1.165) is 0 Å². The van der Waals surface area contributed by atoms with Crippen molar-refractivity contribution in [2.45, 2.75) is 17.4 Å². The lowest BCUT2D eigenvalue weighted by molar-refractivity contribution is -0.142. The van der Waals surface area contributed by atoms with Crippen LogP contribution in [0.15, 0.2) is 89.8 Å². The molecule has 1 aliphatic rings. The molecule has 188 valence electrons. The third-order valence-corrected chi connectivity index (χ3v) is 8.09. The third kappa shape index (κ3) is 5.99. The normalized spacial score (nSPS) is 14.9. The van der Waals surface area contributed by atoms with Crippen LogP contribution in [0.25, 0.3) is 0 Å².